The summed E-state index contributed by atoms with van der Waals surface area (Å²) in [6.45, 7) is 7.52. The number of nitrogens with one attached hydrogen (secondary N) is 2. The van der Waals surface area contributed by atoms with Crippen molar-refractivity contribution >= 4 is 23.2 Å². The minimum atomic E-state index is -0.162. The molecule has 3 rings (SSSR count). The number of anilines is 2. The lowest BCUT2D eigenvalue weighted by Crippen LogP contribution is -2.40. The van der Waals surface area contributed by atoms with Gasteiger partial charge in [0.2, 0.25) is 5.91 Å². The van der Waals surface area contributed by atoms with Gasteiger partial charge in [0.15, 0.2) is 0 Å². The van der Waals surface area contributed by atoms with Gasteiger partial charge in [-0.3, -0.25) is 9.59 Å². The Kier molecular flexibility index (Phi) is 8.29. The Labute approximate surface area is 183 Å². The zero-order chi connectivity index (χ0) is 22.1. The fourth-order valence-corrected chi connectivity index (χ4v) is 3.11. The van der Waals surface area contributed by atoms with Crippen LogP contribution in [0.1, 0.15) is 30.6 Å². The van der Waals surface area contributed by atoms with Crippen LogP contribution in [-0.2, 0) is 9.53 Å². The SMILES string of the molecule is CC(C)CCOc1ccc(NCC(=O)Nc2ccc(C(=O)N3CCOCC3)cc2)cc1. The Morgan fingerprint density at radius 2 is 1.65 bits per heavy atom. The van der Waals surface area contributed by atoms with E-state index in [2.05, 4.69) is 24.5 Å². The number of benzene rings is 2. The average molecular weight is 426 g/mol. The number of nitrogens with zero attached hydrogens (tertiary/aromatic N) is 1. The predicted octanol–water partition coefficient (Wildman–Crippen LogP) is 3.63. The molecular formula is C24H31N3O4. The molecule has 1 aliphatic rings. The lowest BCUT2D eigenvalue weighted by atomic mass is 10.1. The molecule has 7 heteroatoms. The molecule has 0 aliphatic carbocycles. The van der Waals surface area contributed by atoms with Gasteiger partial charge in [-0.2, -0.15) is 0 Å². The monoisotopic (exact) mass is 425 g/mol. The van der Waals surface area contributed by atoms with E-state index in [9.17, 15) is 9.59 Å². The van der Waals surface area contributed by atoms with Crippen LogP contribution in [0.5, 0.6) is 5.75 Å². The average Bonchev–Trinajstić information content (AvgIpc) is 2.79. The fraction of sp³-hybridized carbons (Fsp3) is 0.417. The summed E-state index contributed by atoms with van der Waals surface area (Å²) >= 11 is 0. The molecule has 0 spiro atoms. The molecule has 0 unspecified atom stereocenters. The molecule has 0 bridgehead atoms. The number of hydrogen-bond donors (Lipinski definition) is 2. The third kappa shape index (κ3) is 7.29. The largest absolute Gasteiger partial charge is 0.494 e. The van der Waals surface area contributed by atoms with Gasteiger partial charge in [0.1, 0.15) is 5.75 Å². The molecule has 1 fully saturated rings. The number of carbonyl (C=O) groups is 2. The second-order valence-electron chi connectivity index (χ2n) is 7.94. The molecule has 1 aliphatic heterocycles. The Bertz CT molecular complexity index is 844. The minimum absolute atomic E-state index is 0.0144. The van der Waals surface area contributed by atoms with E-state index in [1.807, 2.05) is 24.3 Å². The van der Waals surface area contributed by atoms with Crippen molar-refractivity contribution in [3.63, 3.8) is 0 Å². The van der Waals surface area contributed by atoms with Gasteiger partial charge in [-0.25, -0.2) is 0 Å². The quantitative estimate of drug-likeness (QED) is 0.641. The van der Waals surface area contributed by atoms with Gasteiger partial charge in [-0.1, -0.05) is 13.8 Å². The molecule has 7 nitrogen and oxygen atoms in total. The van der Waals surface area contributed by atoms with Gasteiger partial charge < -0.3 is 25.0 Å². The van der Waals surface area contributed by atoms with Crippen molar-refractivity contribution in [1.82, 2.24) is 4.90 Å². The van der Waals surface area contributed by atoms with E-state index in [0.717, 1.165) is 17.9 Å². The zero-order valence-corrected chi connectivity index (χ0v) is 18.2. The van der Waals surface area contributed by atoms with Crippen molar-refractivity contribution in [2.45, 2.75) is 20.3 Å². The summed E-state index contributed by atoms with van der Waals surface area (Å²) in [5.41, 5.74) is 2.10. The number of carbonyl (C=O) groups excluding carboxylic acids is 2. The molecular weight excluding hydrogens is 394 g/mol. The summed E-state index contributed by atoms with van der Waals surface area (Å²) in [5.74, 6) is 1.26. The Morgan fingerprint density at radius 1 is 1.00 bits per heavy atom. The highest BCUT2D eigenvalue weighted by Crippen LogP contribution is 2.17. The van der Waals surface area contributed by atoms with E-state index in [1.54, 1.807) is 29.2 Å². The van der Waals surface area contributed by atoms with Crippen molar-refractivity contribution in [2.24, 2.45) is 5.92 Å². The maximum atomic E-state index is 12.5. The van der Waals surface area contributed by atoms with Crippen LogP contribution < -0.4 is 15.4 Å². The summed E-state index contributed by atoms with van der Waals surface area (Å²) in [4.78, 5) is 26.5. The third-order valence-corrected chi connectivity index (χ3v) is 4.99. The van der Waals surface area contributed by atoms with Crippen molar-refractivity contribution in [2.75, 3.05) is 50.1 Å². The van der Waals surface area contributed by atoms with Gasteiger partial charge in [0.25, 0.3) is 5.91 Å². The van der Waals surface area contributed by atoms with E-state index in [0.29, 0.717) is 50.1 Å². The van der Waals surface area contributed by atoms with Gasteiger partial charge in [0, 0.05) is 30.0 Å². The highest BCUT2D eigenvalue weighted by molar-refractivity contribution is 5.96. The molecule has 0 atom stereocenters. The van der Waals surface area contributed by atoms with Crippen molar-refractivity contribution in [3.05, 3.63) is 54.1 Å². The lowest BCUT2D eigenvalue weighted by Gasteiger charge is -2.26. The van der Waals surface area contributed by atoms with Crippen LogP contribution in [0.4, 0.5) is 11.4 Å². The van der Waals surface area contributed by atoms with Crippen LogP contribution >= 0.6 is 0 Å². The molecule has 166 valence electrons. The molecule has 1 heterocycles. The number of morpholine rings is 1. The maximum absolute atomic E-state index is 12.5. The first kappa shape index (κ1) is 22.6. The van der Waals surface area contributed by atoms with Crippen LogP contribution in [0.25, 0.3) is 0 Å². The second kappa shape index (κ2) is 11.4. The first-order valence-electron chi connectivity index (χ1n) is 10.7. The first-order valence-corrected chi connectivity index (χ1v) is 10.7. The highest BCUT2D eigenvalue weighted by Gasteiger charge is 2.18. The van der Waals surface area contributed by atoms with E-state index >= 15 is 0 Å². The molecule has 31 heavy (non-hydrogen) atoms. The molecule has 0 saturated carbocycles. The summed E-state index contributed by atoms with van der Waals surface area (Å²) in [6, 6.07) is 14.5. The normalized spacial score (nSPS) is 13.7. The van der Waals surface area contributed by atoms with E-state index in [4.69, 9.17) is 9.47 Å². The Hall–Kier alpha value is -3.06. The summed E-state index contributed by atoms with van der Waals surface area (Å²) in [7, 11) is 0. The zero-order valence-electron chi connectivity index (χ0n) is 18.2. The van der Waals surface area contributed by atoms with Gasteiger partial charge in [-0.05, 0) is 60.9 Å². The lowest BCUT2D eigenvalue weighted by molar-refractivity contribution is -0.114. The number of ether oxygens (including phenoxy) is 2. The standard InChI is InChI=1S/C24H31N3O4/c1-18(2)11-14-31-22-9-7-20(8-10-22)25-17-23(28)26-21-5-3-19(4-6-21)24(29)27-12-15-30-16-13-27/h3-10,18,25H,11-17H2,1-2H3,(H,26,28). The van der Waals surface area contributed by atoms with Crippen LogP contribution in [-0.4, -0.2) is 56.2 Å². The topological polar surface area (TPSA) is 79.9 Å². The number of hydrogen-bond acceptors (Lipinski definition) is 5. The van der Waals surface area contributed by atoms with Crippen LogP contribution in [0.3, 0.4) is 0 Å². The predicted molar refractivity (Wildman–Crippen MR) is 122 cm³/mol. The van der Waals surface area contributed by atoms with Crippen LogP contribution in [0.2, 0.25) is 0 Å². The molecule has 0 radical (unpaired) electrons. The van der Waals surface area contributed by atoms with Gasteiger partial charge >= 0.3 is 0 Å². The summed E-state index contributed by atoms with van der Waals surface area (Å²) < 4.78 is 11.0. The molecule has 1 saturated heterocycles. The number of amides is 2. The Morgan fingerprint density at radius 3 is 2.29 bits per heavy atom. The van der Waals surface area contributed by atoms with E-state index < -0.39 is 0 Å². The number of rotatable bonds is 9. The molecule has 2 N–H and O–H groups in total. The van der Waals surface area contributed by atoms with Crippen LogP contribution in [0, 0.1) is 5.92 Å². The molecule has 2 aromatic rings. The summed E-state index contributed by atoms with van der Waals surface area (Å²) in [6.07, 6.45) is 1.02. The van der Waals surface area contributed by atoms with Gasteiger partial charge in [0.05, 0.1) is 26.4 Å². The highest BCUT2D eigenvalue weighted by atomic mass is 16.5. The van der Waals surface area contributed by atoms with E-state index in [1.165, 1.54) is 0 Å². The minimum Gasteiger partial charge on any atom is -0.494 e. The summed E-state index contributed by atoms with van der Waals surface area (Å²) in [5, 5.41) is 5.94. The first-order chi connectivity index (χ1) is 15.0. The molecule has 0 aromatic heterocycles. The van der Waals surface area contributed by atoms with Gasteiger partial charge in [-0.15, -0.1) is 0 Å². The third-order valence-electron chi connectivity index (χ3n) is 4.99. The fourth-order valence-electron chi connectivity index (χ4n) is 3.11. The molecule has 2 amide bonds. The molecule has 2 aromatic carbocycles. The second-order valence-corrected chi connectivity index (χ2v) is 7.94. The van der Waals surface area contributed by atoms with Crippen molar-refractivity contribution in [1.29, 1.82) is 0 Å². The van der Waals surface area contributed by atoms with Crippen molar-refractivity contribution < 1.29 is 19.1 Å². The van der Waals surface area contributed by atoms with Crippen LogP contribution in [0.15, 0.2) is 48.5 Å². The Balaban J connectivity index is 1.42. The maximum Gasteiger partial charge on any atom is 0.254 e. The van der Waals surface area contributed by atoms with Crippen molar-refractivity contribution in [3.8, 4) is 5.75 Å². The smallest absolute Gasteiger partial charge is 0.254 e. The van der Waals surface area contributed by atoms with E-state index in [-0.39, 0.29) is 18.4 Å².